The maximum atomic E-state index is 14.5. The number of carbonyl (C=O) groups excluding carboxylic acids is 1. The molecule has 0 amide bonds. The zero-order chi connectivity index (χ0) is 26.6. The highest BCUT2D eigenvalue weighted by Gasteiger charge is 2.31. The first-order valence-electron chi connectivity index (χ1n) is 10.2. The molecule has 1 heterocycles. The maximum absolute atomic E-state index is 14.5. The first-order chi connectivity index (χ1) is 16.9. The van der Waals surface area contributed by atoms with Crippen molar-refractivity contribution in [1.82, 2.24) is 4.98 Å². The molecule has 0 saturated heterocycles. The van der Waals surface area contributed by atoms with Gasteiger partial charge in [0.1, 0.15) is 18.1 Å². The number of ether oxygens (including phenoxy) is 2. The van der Waals surface area contributed by atoms with E-state index in [1.165, 1.54) is 19.1 Å². The molecule has 1 atom stereocenters. The van der Waals surface area contributed by atoms with Crippen LogP contribution in [0.1, 0.15) is 36.0 Å². The van der Waals surface area contributed by atoms with Gasteiger partial charge in [-0.25, -0.2) is 13.8 Å². The summed E-state index contributed by atoms with van der Waals surface area (Å²) in [6.45, 7) is 0.594. The van der Waals surface area contributed by atoms with E-state index < -0.39 is 66.6 Å². The van der Waals surface area contributed by atoms with E-state index in [-0.39, 0.29) is 27.4 Å². The number of esters is 1. The predicted octanol–water partition coefficient (Wildman–Crippen LogP) is 6.24. The first-order valence-corrected chi connectivity index (χ1v) is 11.0. The molecule has 3 aromatic rings. The second kappa shape index (κ2) is 11.1. The van der Waals surface area contributed by atoms with Gasteiger partial charge in [-0.15, -0.1) is 0 Å². The van der Waals surface area contributed by atoms with Crippen molar-refractivity contribution in [2.45, 2.75) is 32.0 Å². The van der Waals surface area contributed by atoms with E-state index in [4.69, 9.17) is 19.0 Å². The molecule has 0 fully saturated rings. The smallest absolute Gasteiger partial charge is 0.416 e. The van der Waals surface area contributed by atoms with E-state index >= 15 is 0 Å². The van der Waals surface area contributed by atoms with Gasteiger partial charge in [-0.3, -0.25) is 9.59 Å². The van der Waals surface area contributed by atoms with Crippen LogP contribution in [0.25, 0.3) is 11.3 Å². The van der Waals surface area contributed by atoms with Crippen molar-refractivity contribution >= 4 is 27.9 Å². The van der Waals surface area contributed by atoms with Crippen LogP contribution in [0, 0.1) is 18.6 Å². The van der Waals surface area contributed by atoms with Gasteiger partial charge in [0.15, 0.2) is 16.2 Å². The zero-order valence-corrected chi connectivity index (χ0v) is 20.0. The summed E-state index contributed by atoms with van der Waals surface area (Å²) in [6.07, 6.45) is -6.85. The van der Waals surface area contributed by atoms with Gasteiger partial charge in [-0.2, -0.15) is 13.2 Å². The Balaban J connectivity index is 1.90. The summed E-state index contributed by atoms with van der Waals surface area (Å²) in [6, 6.07) is 6.00. The number of halogens is 6. The molecule has 0 aliphatic heterocycles. The molecule has 0 aliphatic rings. The summed E-state index contributed by atoms with van der Waals surface area (Å²) in [5.41, 5.74) is -0.877. The molecule has 7 nitrogen and oxygen atoms in total. The third kappa shape index (κ3) is 6.59. The molecule has 0 bridgehead atoms. The second-order valence-electron chi connectivity index (χ2n) is 7.42. The topological polar surface area (TPSA) is 98.9 Å². The molecule has 0 aliphatic carbocycles. The highest BCUT2D eigenvalue weighted by molar-refractivity contribution is 9.10. The van der Waals surface area contributed by atoms with E-state index in [0.717, 1.165) is 24.3 Å². The molecule has 13 heteroatoms. The quantitative estimate of drug-likeness (QED) is 0.237. The Kier molecular flexibility index (Phi) is 8.33. The minimum absolute atomic E-state index is 0.00109. The molecule has 2 aromatic carbocycles. The summed E-state index contributed by atoms with van der Waals surface area (Å²) < 4.78 is 82.9. The van der Waals surface area contributed by atoms with Crippen molar-refractivity contribution < 1.29 is 50.5 Å². The standard InChI is InChI=1S/C23H17BrF5NO6/c1-11-14(25)6-7-15(19(11)26)35-16(10-34-18(33)9-8-17(31)32)22-30-20(21(24)36-22)12-2-4-13(5-3-12)23(27,28)29/h2-7,16H,8-10H2,1H3,(H,31,32). The summed E-state index contributed by atoms with van der Waals surface area (Å²) in [4.78, 5) is 26.7. The number of carbonyl (C=O) groups is 2. The lowest BCUT2D eigenvalue weighted by Crippen LogP contribution is -2.19. The van der Waals surface area contributed by atoms with E-state index in [0.29, 0.717) is 0 Å². The van der Waals surface area contributed by atoms with E-state index in [1.54, 1.807) is 0 Å². The number of rotatable bonds is 9. The van der Waals surface area contributed by atoms with Crippen LogP contribution in [0.3, 0.4) is 0 Å². The van der Waals surface area contributed by atoms with Gasteiger partial charge < -0.3 is 19.0 Å². The fourth-order valence-electron chi connectivity index (χ4n) is 2.94. The van der Waals surface area contributed by atoms with Crippen LogP contribution in [-0.2, 0) is 20.5 Å². The summed E-state index contributed by atoms with van der Waals surface area (Å²) in [5.74, 6) is -4.61. The Morgan fingerprint density at radius 3 is 2.39 bits per heavy atom. The van der Waals surface area contributed by atoms with Crippen molar-refractivity contribution in [2.75, 3.05) is 6.61 Å². The van der Waals surface area contributed by atoms with Crippen LogP contribution in [0.15, 0.2) is 45.5 Å². The Morgan fingerprint density at radius 2 is 1.78 bits per heavy atom. The fraction of sp³-hybridized carbons (Fsp3) is 0.261. The molecular formula is C23H17BrF5NO6. The van der Waals surface area contributed by atoms with Crippen LogP contribution in [0.4, 0.5) is 22.0 Å². The molecule has 3 rings (SSSR count). The zero-order valence-electron chi connectivity index (χ0n) is 18.4. The van der Waals surface area contributed by atoms with Crippen molar-refractivity contribution in [2.24, 2.45) is 0 Å². The van der Waals surface area contributed by atoms with Crippen LogP contribution in [0.5, 0.6) is 5.75 Å². The van der Waals surface area contributed by atoms with Crippen molar-refractivity contribution in [3.8, 4) is 17.0 Å². The minimum Gasteiger partial charge on any atom is -0.481 e. The first kappa shape index (κ1) is 27.1. The van der Waals surface area contributed by atoms with E-state index in [1.807, 2.05) is 0 Å². The van der Waals surface area contributed by atoms with Crippen LogP contribution in [0.2, 0.25) is 0 Å². The van der Waals surface area contributed by atoms with E-state index in [2.05, 4.69) is 20.9 Å². The molecule has 1 aromatic heterocycles. The van der Waals surface area contributed by atoms with Crippen LogP contribution in [-0.4, -0.2) is 28.6 Å². The lowest BCUT2D eigenvalue weighted by Gasteiger charge is -2.17. The second-order valence-corrected chi connectivity index (χ2v) is 8.14. The minimum atomic E-state index is -4.54. The monoisotopic (exact) mass is 577 g/mol. The molecule has 0 spiro atoms. The molecule has 0 saturated carbocycles. The molecule has 0 radical (unpaired) electrons. The van der Waals surface area contributed by atoms with Gasteiger partial charge >= 0.3 is 18.1 Å². The lowest BCUT2D eigenvalue weighted by atomic mass is 10.1. The third-order valence-corrected chi connectivity index (χ3v) is 5.39. The van der Waals surface area contributed by atoms with Crippen LogP contribution >= 0.6 is 15.9 Å². The van der Waals surface area contributed by atoms with Crippen molar-refractivity contribution in [1.29, 1.82) is 0 Å². The summed E-state index contributed by atoms with van der Waals surface area (Å²) in [7, 11) is 0. The number of benzene rings is 2. The fourth-order valence-corrected chi connectivity index (χ4v) is 3.42. The molecule has 1 unspecified atom stereocenters. The van der Waals surface area contributed by atoms with E-state index in [9.17, 15) is 31.5 Å². The largest absolute Gasteiger partial charge is 0.481 e. The molecular weight excluding hydrogens is 561 g/mol. The predicted molar refractivity (Wildman–Crippen MR) is 117 cm³/mol. The Labute approximate surface area is 209 Å². The Morgan fingerprint density at radius 1 is 1.11 bits per heavy atom. The van der Waals surface area contributed by atoms with Gasteiger partial charge in [-0.1, -0.05) is 12.1 Å². The van der Waals surface area contributed by atoms with Crippen molar-refractivity contribution in [3.05, 3.63) is 69.7 Å². The number of oxazole rings is 1. The number of aliphatic carboxylic acids is 1. The van der Waals surface area contributed by atoms with Gasteiger partial charge in [0.25, 0.3) is 0 Å². The Bertz CT molecular complexity index is 1260. The summed E-state index contributed by atoms with van der Waals surface area (Å²) in [5, 5.41) is 8.70. The maximum Gasteiger partial charge on any atom is 0.416 e. The third-order valence-electron chi connectivity index (χ3n) is 4.86. The lowest BCUT2D eigenvalue weighted by molar-refractivity contribution is -0.149. The number of aromatic nitrogens is 1. The summed E-state index contributed by atoms with van der Waals surface area (Å²) >= 11 is 3.12. The molecule has 36 heavy (non-hydrogen) atoms. The molecule has 1 N–H and O–H groups in total. The van der Waals surface area contributed by atoms with Gasteiger partial charge in [0, 0.05) is 11.1 Å². The number of hydrogen-bond acceptors (Lipinski definition) is 6. The highest BCUT2D eigenvalue weighted by Crippen LogP contribution is 2.35. The number of nitrogens with zero attached hydrogens (tertiary/aromatic N) is 1. The SMILES string of the molecule is Cc1c(F)ccc(OC(COC(=O)CCC(=O)O)c2nc(-c3ccc(C(F)(F)F)cc3)c(Br)o2)c1F. The normalized spacial score (nSPS) is 12.3. The molecule has 192 valence electrons. The number of carboxylic acid groups (broad SMARTS) is 1. The van der Waals surface area contributed by atoms with Gasteiger partial charge in [0.05, 0.1) is 18.4 Å². The highest BCUT2D eigenvalue weighted by atomic mass is 79.9. The van der Waals surface area contributed by atoms with Crippen molar-refractivity contribution in [3.63, 3.8) is 0 Å². The van der Waals surface area contributed by atoms with Gasteiger partial charge in [-0.05, 0) is 47.1 Å². The van der Waals surface area contributed by atoms with Gasteiger partial charge in [0.2, 0.25) is 12.0 Å². The number of hydrogen-bond donors (Lipinski definition) is 1. The Hall–Kier alpha value is -3.48. The average Bonchev–Trinajstić information content (AvgIpc) is 3.21. The van der Waals surface area contributed by atoms with Crippen LogP contribution < -0.4 is 4.74 Å². The number of alkyl halides is 3. The average molecular weight is 578 g/mol. The number of carboxylic acids is 1.